The molecule has 152 valence electrons. The number of hydrogen-bond acceptors (Lipinski definition) is 4. The molecule has 0 amide bonds. The molecule has 0 N–H and O–H groups in total. The van der Waals surface area contributed by atoms with Crippen LogP contribution in [0.4, 0.5) is 5.00 Å². The number of aromatic nitrogens is 1. The maximum absolute atomic E-state index is 12.6. The Labute approximate surface area is 179 Å². The number of benzene rings is 2. The van der Waals surface area contributed by atoms with E-state index >= 15 is 0 Å². The molecule has 5 heteroatoms. The number of hydrogen-bond donors (Lipinski definition) is 0. The number of nitrogens with zero attached hydrogens (tertiary/aromatic N) is 2. The Bertz CT molecular complexity index is 1300. The summed E-state index contributed by atoms with van der Waals surface area (Å²) < 4.78 is 7.66. The molecule has 0 fully saturated rings. The summed E-state index contributed by atoms with van der Waals surface area (Å²) in [5.74, 6) is -0.245. The van der Waals surface area contributed by atoms with Gasteiger partial charge < -0.3 is 9.30 Å². The number of rotatable bonds is 5. The molecular formula is C25H24N2O2S. The summed E-state index contributed by atoms with van der Waals surface area (Å²) in [6.07, 6.45) is 4.96. The van der Waals surface area contributed by atoms with Crippen LogP contribution in [0.1, 0.15) is 46.6 Å². The van der Waals surface area contributed by atoms with Crippen LogP contribution >= 0.6 is 11.3 Å². The molecule has 2 aromatic carbocycles. The van der Waals surface area contributed by atoms with Crippen molar-refractivity contribution >= 4 is 50.3 Å². The quantitative estimate of drug-likeness (QED) is 0.283. The highest BCUT2D eigenvalue weighted by atomic mass is 32.1. The van der Waals surface area contributed by atoms with Crippen molar-refractivity contribution in [3.63, 3.8) is 0 Å². The van der Waals surface area contributed by atoms with Crippen molar-refractivity contribution in [2.75, 3.05) is 6.61 Å². The Kier molecular flexibility index (Phi) is 4.91. The van der Waals surface area contributed by atoms with Crippen molar-refractivity contribution in [3.8, 4) is 0 Å². The van der Waals surface area contributed by atoms with Crippen LogP contribution in [-0.2, 0) is 24.1 Å². The average molecular weight is 417 g/mol. The second-order valence-corrected chi connectivity index (χ2v) is 8.64. The van der Waals surface area contributed by atoms with Gasteiger partial charge in [-0.3, -0.25) is 0 Å². The van der Waals surface area contributed by atoms with Crippen molar-refractivity contribution in [1.82, 2.24) is 4.57 Å². The molecule has 2 heterocycles. The summed E-state index contributed by atoms with van der Waals surface area (Å²) in [6, 6.07) is 15.0. The zero-order valence-corrected chi connectivity index (χ0v) is 18.1. The van der Waals surface area contributed by atoms with Crippen molar-refractivity contribution in [3.05, 3.63) is 64.0 Å². The lowest BCUT2D eigenvalue weighted by Crippen LogP contribution is -2.06. The lowest BCUT2D eigenvalue weighted by molar-refractivity contribution is 0.0527. The molecule has 0 saturated carbocycles. The minimum Gasteiger partial charge on any atom is -0.462 e. The van der Waals surface area contributed by atoms with Crippen molar-refractivity contribution in [2.24, 2.45) is 4.99 Å². The van der Waals surface area contributed by atoms with E-state index in [0.717, 1.165) is 41.9 Å². The fourth-order valence-corrected chi connectivity index (χ4v) is 5.74. The van der Waals surface area contributed by atoms with Gasteiger partial charge in [0.05, 0.1) is 12.2 Å². The van der Waals surface area contributed by atoms with Gasteiger partial charge in [-0.05, 0) is 62.4 Å². The molecule has 0 saturated heterocycles. The van der Waals surface area contributed by atoms with Crippen LogP contribution in [-0.4, -0.2) is 23.4 Å². The number of para-hydroxylation sites is 1. The number of ether oxygens (including phenoxy) is 1. The van der Waals surface area contributed by atoms with Crippen LogP contribution in [0.5, 0.6) is 0 Å². The minimum atomic E-state index is -0.245. The third kappa shape index (κ3) is 3.05. The first-order valence-electron chi connectivity index (χ1n) is 10.6. The molecule has 2 aromatic heterocycles. The summed E-state index contributed by atoms with van der Waals surface area (Å²) >= 11 is 1.63. The number of carbonyl (C=O) groups is 1. The van der Waals surface area contributed by atoms with E-state index in [1.54, 1.807) is 11.3 Å². The van der Waals surface area contributed by atoms with Gasteiger partial charge in [-0.1, -0.05) is 24.3 Å². The van der Waals surface area contributed by atoms with Gasteiger partial charge in [0.15, 0.2) is 0 Å². The fraction of sp³-hybridized carbons (Fsp3) is 0.280. The summed E-state index contributed by atoms with van der Waals surface area (Å²) in [5, 5.41) is 3.26. The minimum absolute atomic E-state index is 0.245. The predicted molar refractivity (Wildman–Crippen MR) is 125 cm³/mol. The second kappa shape index (κ2) is 7.73. The molecule has 4 aromatic rings. The van der Waals surface area contributed by atoms with Crippen LogP contribution in [0, 0.1) is 0 Å². The van der Waals surface area contributed by atoms with E-state index in [4.69, 9.17) is 9.73 Å². The van der Waals surface area contributed by atoms with Gasteiger partial charge in [0.25, 0.3) is 0 Å². The number of carbonyl (C=O) groups excluding carboxylic acids is 1. The Morgan fingerprint density at radius 2 is 1.97 bits per heavy atom. The van der Waals surface area contributed by atoms with E-state index in [1.807, 2.05) is 13.1 Å². The van der Waals surface area contributed by atoms with E-state index in [-0.39, 0.29) is 5.97 Å². The molecule has 30 heavy (non-hydrogen) atoms. The summed E-state index contributed by atoms with van der Waals surface area (Å²) in [7, 11) is 0. The van der Waals surface area contributed by atoms with Gasteiger partial charge in [-0.2, -0.15) is 0 Å². The van der Waals surface area contributed by atoms with E-state index in [0.29, 0.717) is 12.2 Å². The molecule has 1 aliphatic carbocycles. The molecule has 0 aliphatic heterocycles. The van der Waals surface area contributed by atoms with Gasteiger partial charge in [0.2, 0.25) is 0 Å². The largest absolute Gasteiger partial charge is 0.462 e. The van der Waals surface area contributed by atoms with Gasteiger partial charge in [-0.25, -0.2) is 9.79 Å². The van der Waals surface area contributed by atoms with Crippen LogP contribution < -0.4 is 0 Å². The van der Waals surface area contributed by atoms with E-state index in [2.05, 4.69) is 54.0 Å². The molecule has 0 unspecified atom stereocenters. The summed E-state index contributed by atoms with van der Waals surface area (Å²) in [6.45, 7) is 5.33. The van der Waals surface area contributed by atoms with Crippen LogP contribution in [0.2, 0.25) is 0 Å². The first-order valence-corrected chi connectivity index (χ1v) is 11.4. The first-order chi connectivity index (χ1) is 14.7. The lowest BCUT2D eigenvalue weighted by Gasteiger charge is -2.04. The molecule has 4 nitrogen and oxygen atoms in total. The summed E-state index contributed by atoms with van der Waals surface area (Å²) in [5.41, 5.74) is 5.34. The topological polar surface area (TPSA) is 43.6 Å². The first kappa shape index (κ1) is 19.1. The molecule has 0 atom stereocenters. The molecule has 0 bridgehead atoms. The molecule has 0 spiro atoms. The normalized spacial score (nSPS) is 13.5. The third-order valence-electron chi connectivity index (χ3n) is 5.83. The highest BCUT2D eigenvalue weighted by molar-refractivity contribution is 7.16. The predicted octanol–water partition coefficient (Wildman–Crippen LogP) is 6.29. The maximum Gasteiger partial charge on any atom is 0.341 e. The highest BCUT2D eigenvalue weighted by Gasteiger charge is 2.27. The fourth-order valence-electron chi connectivity index (χ4n) is 4.52. The van der Waals surface area contributed by atoms with Gasteiger partial charge in [-0.15, -0.1) is 11.3 Å². The zero-order chi connectivity index (χ0) is 20.7. The van der Waals surface area contributed by atoms with Gasteiger partial charge in [0.1, 0.15) is 5.00 Å². The Morgan fingerprint density at radius 3 is 2.80 bits per heavy atom. The number of aliphatic imine (C=N–C) groups is 1. The van der Waals surface area contributed by atoms with Crippen LogP contribution in [0.25, 0.3) is 21.8 Å². The number of esters is 1. The Hall–Kier alpha value is -2.92. The monoisotopic (exact) mass is 416 g/mol. The Morgan fingerprint density at radius 1 is 1.13 bits per heavy atom. The van der Waals surface area contributed by atoms with Gasteiger partial charge in [0, 0.05) is 39.4 Å². The van der Waals surface area contributed by atoms with Crippen molar-refractivity contribution in [2.45, 2.75) is 39.7 Å². The molecule has 0 radical (unpaired) electrons. The van der Waals surface area contributed by atoms with Crippen LogP contribution in [0.15, 0.2) is 47.5 Å². The number of aryl methyl sites for hydroxylation is 2. The molecule has 5 rings (SSSR count). The van der Waals surface area contributed by atoms with Gasteiger partial charge >= 0.3 is 5.97 Å². The average Bonchev–Trinajstić information content (AvgIpc) is 3.43. The van der Waals surface area contributed by atoms with Crippen molar-refractivity contribution in [1.29, 1.82) is 0 Å². The Balaban J connectivity index is 1.57. The molecular weight excluding hydrogens is 392 g/mol. The van der Waals surface area contributed by atoms with E-state index in [1.165, 1.54) is 26.7 Å². The summed E-state index contributed by atoms with van der Waals surface area (Å²) in [4.78, 5) is 18.6. The van der Waals surface area contributed by atoms with E-state index < -0.39 is 0 Å². The molecule has 1 aliphatic rings. The third-order valence-corrected chi connectivity index (χ3v) is 7.03. The SMILES string of the molecule is CCOC(=O)c1c(N=Cc2ccc3c(c2)c2ccccc2n3CC)sc2c1CCC2. The number of fused-ring (bicyclic) bond motifs is 4. The maximum atomic E-state index is 12.6. The standard InChI is InChI=1S/C25H24N2O2S/c1-3-27-20-10-6-5-8-17(20)19-14-16(12-13-21(19)27)15-26-24-23(25(28)29-4-2)18-9-7-11-22(18)30-24/h5-6,8,10,12-15H,3-4,7,9,11H2,1-2H3. The zero-order valence-electron chi connectivity index (χ0n) is 17.3. The smallest absolute Gasteiger partial charge is 0.341 e. The highest BCUT2D eigenvalue weighted by Crippen LogP contribution is 2.41. The van der Waals surface area contributed by atoms with E-state index in [9.17, 15) is 4.79 Å². The number of thiophene rings is 1. The lowest BCUT2D eigenvalue weighted by atomic mass is 10.1. The van der Waals surface area contributed by atoms with Crippen molar-refractivity contribution < 1.29 is 9.53 Å². The second-order valence-electron chi connectivity index (χ2n) is 7.55. The van der Waals surface area contributed by atoms with Crippen LogP contribution in [0.3, 0.4) is 0 Å².